The molecule has 0 saturated heterocycles. The molecule has 0 fully saturated rings. The Balaban J connectivity index is 1.88. The molecule has 30 heavy (non-hydrogen) atoms. The Morgan fingerprint density at radius 1 is 0.867 bits per heavy atom. The van der Waals surface area contributed by atoms with Crippen molar-refractivity contribution >= 4 is 46.7 Å². The Bertz CT molecular complexity index is 608. The quantitative estimate of drug-likeness (QED) is 0.104. The van der Waals surface area contributed by atoms with E-state index in [1.54, 1.807) is 18.3 Å². The van der Waals surface area contributed by atoms with Crippen molar-refractivity contribution in [1.82, 2.24) is 10.7 Å². The smallest absolute Gasteiger partial charge is 0.186 e. The second-order valence-corrected chi connectivity index (χ2v) is 9.14. The van der Waals surface area contributed by atoms with E-state index in [9.17, 15) is 0 Å². The molecular formula is C24H39Cl2N3S. The van der Waals surface area contributed by atoms with E-state index in [4.69, 9.17) is 35.4 Å². The topological polar surface area (TPSA) is 36.4 Å². The summed E-state index contributed by atoms with van der Waals surface area (Å²) in [5, 5.41) is 9.01. The molecule has 0 aromatic heterocycles. The van der Waals surface area contributed by atoms with E-state index in [1.807, 2.05) is 6.07 Å². The summed E-state index contributed by atoms with van der Waals surface area (Å²) in [6.45, 7) is 3.15. The molecule has 2 N–H and O–H groups in total. The second kappa shape index (κ2) is 18.9. The SMILES string of the molecule is CCCCCCCCCCCCCCCCNC(=S)N/N=C/c1ccc(Cl)cc1Cl. The average Bonchev–Trinajstić information content (AvgIpc) is 2.72. The predicted molar refractivity (Wildman–Crippen MR) is 138 cm³/mol. The molecule has 1 rings (SSSR count). The number of rotatable bonds is 17. The number of nitrogens with zero attached hydrogens (tertiary/aromatic N) is 1. The van der Waals surface area contributed by atoms with Gasteiger partial charge in [-0.2, -0.15) is 5.10 Å². The van der Waals surface area contributed by atoms with Crippen molar-refractivity contribution in [1.29, 1.82) is 0 Å². The minimum atomic E-state index is 0.533. The molecule has 1 aromatic carbocycles. The van der Waals surface area contributed by atoms with Gasteiger partial charge < -0.3 is 5.32 Å². The molecule has 0 aliphatic carbocycles. The van der Waals surface area contributed by atoms with Crippen molar-refractivity contribution in [3.8, 4) is 0 Å². The third-order valence-corrected chi connectivity index (χ3v) is 5.95. The third-order valence-electron chi connectivity index (χ3n) is 5.15. The lowest BCUT2D eigenvalue weighted by molar-refractivity contribution is 0.535. The van der Waals surface area contributed by atoms with Crippen LogP contribution in [0.1, 0.15) is 102 Å². The van der Waals surface area contributed by atoms with E-state index in [0.29, 0.717) is 15.2 Å². The van der Waals surface area contributed by atoms with Crippen LogP contribution in [0.25, 0.3) is 0 Å². The summed E-state index contributed by atoms with van der Waals surface area (Å²) in [4.78, 5) is 0. The number of unbranched alkanes of at least 4 members (excludes halogenated alkanes) is 13. The lowest BCUT2D eigenvalue weighted by Crippen LogP contribution is -2.32. The largest absolute Gasteiger partial charge is 0.361 e. The Morgan fingerprint density at radius 2 is 1.40 bits per heavy atom. The maximum Gasteiger partial charge on any atom is 0.186 e. The van der Waals surface area contributed by atoms with Gasteiger partial charge in [-0.15, -0.1) is 0 Å². The Morgan fingerprint density at radius 3 is 1.93 bits per heavy atom. The molecule has 0 amide bonds. The predicted octanol–water partition coefficient (Wildman–Crippen LogP) is 8.27. The third kappa shape index (κ3) is 15.0. The Labute approximate surface area is 199 Å². The van der Waals surface area contributed by atoms with Gasteiger partial charge in [-0.25, -0.2) is 0 Å². The second-order valence-electron chi connectivity index (χ2n) is 7.89. The van der Waals surface area contributed by atoms with Crippen LogP contribution in [0, 0.1) is 0 Å². The van der Waals surface area contributed by atoms with Crippen LogP contribution < -0.4 is 10.7 Å². The lowest BCUT2D eigenvalue weighted by Gasteiger charge is -2.07. The summed E-state index contributed by atoms with van der Waals surface area (Å²) < 4.78 is 0. The van der Waals surface area contributed by atoms with Crippen LogP contribution in [-0.4, -0.2) is 17.9 Å². The van der Waals surface area contributed by atoms with Crippen molar-refractivity contribution in [2.24, 2.45) is 5.10 Å². The van der Waals surface area contributed by atoms with E-state index in [0.717, 1.165) is 18.5 Å². The molecule has 0 aliphatic rings. The maximum atomic E-state index is 6.10. The van der Waals surface area contributed by atoms with Gasteiger partial charge in [0, 0.05) is 17.1 Å². The van der Waals surface area contributed by atoms with Crippen molar-refractivity contribution < 1.29 is 0 Å². The van der Waals surface area contributed by atoms with Gasteiger partial charge >= 0.3 is 0 Å². The molecule has 0 aliphatic heterocycles. The van der Waals surface area contributed by atoms with Gasteiger partial charge in [0.2, 0.25) is 0 Å². The fourth-order valence-electron chi connectivity index (χ4n) is 3.33. The molecule has 3 nitrogen and oxygen atoms in total. The Kier molecular flexibility index (Phi) is 17.1. The zero-order chi connectivity index (χ0) is 21.9. The number of hydrogen-bond donors (Lipinski definition) is 2. The van der Waals surface area contributed by atoms with Crippen LogP contribution in [-0.2, 0) is 0 Å². The molecular weight excluding hydrogens is 433 g/mol. The van der Waals surface area contributed by atoms with Crippen LogP contribution >= 0.6 is 35.4 Å². The lowest BCUT2D eigenvalue weighted by atomic mass is 10.0. The summed E-state index contributed by atoms with van der Waals surface area (Å²) in [5.74, 6) is 0. The van der Waals surface area contributed by atoms with E-state index in [-0.39, 0.29) is 0 Å². The highest BCUT2D eigenvalue weighted by Gasteiger charge is 1.99. The fraction of sp³-hybridized carbons (Fsp3) is 0.667. The van der Waals surface area contributed by atoms with Gasteiger partial charge in [-0.3, -0.25) is 5.43 Å². The van der Waals surface area contributed by atoms with Crippen LogP contribution in [0.4, 0.5) is 0 Å². The van der Waals surface area contributed by atoms with E-state index in [2.05, 4.69) is 22.8 Å². The van der Waals surface area contributed by atoms with Gasteiger partial charge in [-0.05, 0) is 30.8 Å². The first-order chi connectivity index (χ1) is 14.6. The standard InChI is InChI=1S/C24H39Cl2N3S/c1-2-3-4-5-6-7-8-9-10-11-12-13-14-15-18-27-24(30)29-28-20-21-16-17-22(25)19-23(21)26/h16-17,19-20H,2-15,18H2,1H3,(H2,27,29,30)/b28-20+. The monoisotopic (exact) mass is 471 g/mol. The molecule has 0 atom stereocenters. The van der Waals surface area contributed by atoms with Crippen LogP contribution in [0.15, 0.2) is 23.3 Å². The van der Waals surface area contributed by atoms with Gasteiger partial charge in [0.1, 0.15) is 0 Å². The molecule has 6 heteroatoms. The minimum absolute atomic E-state index is 0.533. The molecule has 1 aromatic rings. The minimum Gasteiger partial charge on any atom is -0.361 e. The summed E-state index contributed by atoms with van der Waals surface area (Å²) in [7, 11) is 0. The highest BCUT2D eigenvalue weighted by Crippen LogP contribution is 2.19. The van der Waals surface area contributed by atoms with Crippen molar-refractivity contribution in [3.05, 3.63) is 33.8 Å². The summed E-state index contributed by atoms with van der Waals surface area (Å²) in [6.07, 6.45) is 20.8. The summed E-state index contributed by atoms with van der Waals surface area (Å²) in [5.41, 5.74) is 3.62. The molecule has 0 saturated carbocycles. The number of thiocarbonyl (C=S) groups is 1. The molecule has 0 spiro atoms. The zero-order valence-electron chi connectivity index (χ0n) is 18.5. The van der Waals surface area contributed by atoms with Gasteiger partial charge in [0.25, 0.3) is 0 Å². The van der Waals surface area contributed by atoms with E-state index >= 15 is 0 Å². The number of nitrogens with one attached hydrogen (secondary N) is 2. The summed E-state index contributed by atoms with van der Waals surface area (Å²) >= 11 is 17.2. The highest BCUT2D eigenvalue weighted by atomic mass is 35.5. The van der Waals surface area contributed by atoms with Gasteiger partial charge in [0.05, 0.1) is 11.2 Å². The van der Waals surface area contributed by atoms with Gasteiger partial charge in [0.15, 0.2) is 5.11 Å². The van der Waals surface area contributed by atoms with Crippen molar-refractivity contribution in [2.75, 3.05) is 6.54 Å². The summed E-state index contributed by atoms with van der Waals surface area (Å²) in [6, 6.07) is 5.29. The van der Waals surface area contributed by atoms with Gasteiger partial charge in [-0.1, -0.05) is 120 Å². The zero-order valence-corrected chi connectivity index (χ0v) is 20.9. The van der Waals surface area contributed by atoms with Crippen LogP contribution in [0.5, 0.6) is 0 Å². The van der Waals surface area contributed by atoms with Crippen molar-refractivity contribution in [2.45, 2.75) is 96.8 Å². The Hall–Kier alpha value is -0.840. The van der Waals surface area contributed by atoms with Crippen LogP contribution in [0.2, 0.25) is 10.0 Å². The molecule has 0 radical (unpaired) electrons. The number of benzene rings is 1. The first kappa shape index (κ1) is 27.2. The first-order valence-corrected chi connectivity index (χ1v) is 12.8. The van der Waals surface area contributed by atoms with Crippen LogP contribution in [0.3, 0.4) is 0 Å². The average molecular weight is 473 g/mol. The highest BCUT2D eigenvalue weighted by molar-refractivity contribution is 7.80. The normalized spacial score (nSPS) is 11.2. The molecule has 170 valence electrons. The molecule has 0 unspecified atom stereocenters. The fourth-order valence-corrected chi connectivity index (χ4v) is 3.94. The first-order valence-electron chi connectivity index (χ1n) is 11.7. The maximum absolute atomic E-state index is 6.10. The molecule has 0 bridgehead atoms. The molecule has 0 heterocycles. The van der Waals surface area contributed by atoms with E-state index < -0.39 is 0 Å². The number of hydrazone groups is 1. The van der Waals surface area contributed by atoms with Crippen molar-refractivity contribution in [3.63, 3.8) is 0 Å². The number of halogens is 2. The number of hydrogen-bond acceptors (Lipinski definition) is 2. The van der Waals surface area contributed by atoms with E-state index in [1.165, 1.54) is 83.5 Å².